The Morgan fingerprint density at radius 1 is 1.09 bits per heavy atom. The first kappa shape index (κ1) is 10.6. The van der Waals surface area contributed by atoms with Crippen molar-refractivity contribution in [2.45, 2.75) is 0 Å². The second kappa shape index (κ2) is 5.26. The summed E-state index contributed by atoms with van der Waals surface area (Å²) < 4.78 is 15.3. The largest absolute Gasteiger partial charge is 0.528 e. The minimum absolute atomic E-state index is 1.56. The van der Waals surface area contributed by atoms with E-state index in [1.165, 1.54) is 0 Å². The summed E-state index contributed by atoms with van der Waals surface area (Å²) in [6.07, 6.45) is 3.40. The summed E-state index contributed by atoms with van der Waals surface area (Å²) in [5, 5.41) is 0. The summed E-state index contributed by atoms with van der Waals surface area (Å²) in [6.45, 7) is 3.54. The molecule has 0 radical (unpaired) electrons. The van der Waals surface area contributed by atoms with Crippen molar-refractivity contribution in [1.29, 1.82) is 0 Å². The molecular weight excluding hydrogens is 160 g/mol. The first-order valence-electron chi connectivity index (χ1n) is 3.20. The molecule has 0 saturated heterocycles. The van der Waals surface area contributed by atoms with E-state index in [2.05, 4.69) is 6.58 Å². The van der Waals surface area contributed by atoms with Gasteiger partial charge in [0.25, 0.3) is 0 Å². The lowest BCUT2D eigenvalue weighted by molar-refractivity contribution is 0.138. The molecule has 0 rings (SSSR count). The molecule has 0 aromatic rings. The van der Waals surface area contributed by atoms with Crippen molar-refractivity contribution in [2.24, 2.45) is 0 Å². The van der Waals surface area contributed by atoms with Gasteiger partial charge in [-0.05, 0) is 5.70 Å². The lowest BCUT2D eigenvalue weighted by Crippen LogP contribution is -2.40. The highest BCUT2D eigenvalue weighted by atomic mass is 28.4. The van der Waals surface area contributed by atoms with Gasteiger partial charge in [-0.25, -0.2) is 0 Å². The van der Waals surface area contributed by atoms with E-state index in [1.54, 1.807) is 39.2 Å². The maximum absolute atomic E-state index is 5.10. The maximum atomic E-state index is 5.10. The van der Waals surface area contributed by atoms with Crippen LogP contribution >= 0.6 is 0 Å². The molecular formula is C7H14O3Si. The average molecular weight is 174 g/mol. The number of hydrogen-bond acceptors (Lipinski definition) is 3. The molecule has 0 N–H and O–H groups in total. The van der Waals surface area contributed by atoms with Gasteiger partial charge in [-0.3, -0.25) is 0 Å². The third-order valence-electron chi connectivity index (χ3n) is 1.29. The van der Waals surface area contributed by atoms with Crippen LogP contribution in [0.3, 0.4) is 0 Å². The van der Waals surface area contributed by atoms with Gasteiger partial charge in [-0.1, -0.05) is 18.7 Å². The molecule has 3 nitrogen and oxygen atoms in total. The maximum Gasteiger partial charge on any atom is 0.528 e. The molecule has 0 heterocycles. The topological polar surface area (TPSA) is 27.7 Å². The minimum atomic E-state index is -2.49. The van der Waals surface area contributed by atoms with Gasteiger partial charge in [-0.2, -0.15) is 0 Å². The molecule has 0 aromatic heterocycles. The third-order valence-corrected chi connectivity index (χ3v) is 3.60. The fourth-order valence-electron chi connectivity index (χ4n) is 0.640. The Bertz CT molecular complexity index is 132. The molecule has 0 bridgehead atoms. The molecule has 0 spiro atoms. The van der Waals surface area contributed by atoms with Gasteiger partial charge in [0.05, 0.1) is 0 Å². The fourth-order valence-corrected chi connectivity index (χ4v) is 1.92. The summed E-state index contributed by atoms with van der Waals surface area (Å²) in [7, 11) is 2.20. The van der Waals surface area contributed by atoms with Gasteiger partial charge in [0.2, 0.25) is 0 Å². The zero-order valence-corrected chi connectivity index (χ0v) is 8.16. The zero-order valence-electron chi connectivity index (χ0n) is 7.16. The van der Waals surface area contributed by atoms with Crippen molar-refractivity contribution < 1.29 is 13.3 Å². The summed E-state index contributed by atoms with van der Waals surface area (Å²) in [5.74, 6) is 0. The molecule has 0 aliphatic heterocycles. The van der Waals surface area contributed by atoms with Crippen LogP contribution in [0.15, 0.2) is 24.4 Å². The van der Waals surface area contributed by atoms with Crippen molar-refractivity contribution >= 4 is 8.80 Å². The third kappa shape index (κ3) is 2.98. The zero-order chi connectivity index (χ0) is 8.74. The van der Waals surface area contributed by atoms with Gasteiger partial charge in [-0.15, -0.1) is 0 Å². The van der Waals surface area contributed by atoms with E-state index in [4.69, 9.17) is 13.3 Å². The van der Waals surface area contributed by atoms with Crippen LogP contribution in [0.2, 0.25) is 0 Å². The van der Waals surface area contributed by atoms with Gasteiger partial charge < -0.3 is 13.3 Å². The summed E-state index contributed by atoms with van der Waals surface area (Å²) >= 11 is 0. The summed E-state index contributed by atoms with van der Waals surface area (Å²) in [4.78, 5) is 0. The summed E-state index contributed by atoms with van der Waals surface area (Å²) in [5.41, 5.74) is 1.76. The Morgan fingerprint density at radius 2 is 1.55 bits per heavy atom. The highest BCUT2D eigenvalue weighted by Gasteiger charge is 2.33. The monoisotopic (exact) mass is 174 g/mol. The molecule has 0 unspecified atom stereocenters. The first-order chi connectivity index (χ1) is 5.24. The number of hydrogen-bond donors (Lipinski definition) is 0. The van der Waals surface area contributed by atoms with E-state index in [-0.39, 0.29) is 0 Å². The van der Waals surface area contributed by atoms with E-state index >= 15 is 0 Å². The molecule has 0 aliphatic rings. The predicted molar refractivity (Wildman–Crippen MR) is 46.1 cm³/mol. The molecule has 0 aliphatic carbocycles. The SMILES string of the molecule is C=C/C=C/[Si](OC)(OC)OC. The highest BCUT2D eigenvalue weighted by molar-refractivity contribution is 6.66. The Balaban J connectivity index is 4.27. The fraction of sp³-hybridized carbons (Fsp3) is 0.429. The summed E-state index contributed by atoms with van der Waals surface area (Å²) in [6, 6.07) is 0. The van der Waals surface area contributed by atoms with Crippen LogP contribution in [-0.4, -0.2) is 30.1 Å². The highest BCUT2D eigenvalue weighted by Crippen LogP contribution is 2.06. The van der Waals surface area contributed by atoms with Gasteiger partial charge in [0.15, 0.2) is 0 Å². The quantitative estimate of drug-likeness (QED) is 0.462. The van der Waals surface area contributed by atoms with Crippen molar-refractivity contribution in [3.63, 3.8) is 0 Å². The van der Waals surface area contributed by atoms with E-state index in [0.717, 1.165) is 0 Å². The van der Waals surface area contributed by atoms with Gasteiger partial charge in [0, 0.05) is 21.3 Å². The van der Waals surface area contributed by atoms with Crippen molar-refractivity contribution in [2.75, 3.05) is 21.3 Å². The van der Waals surface area contributed by atoms with Crippen LogP contribution in [0.1, 0.15) is 0 Å². The van der Waals surface area contributed by atoms with Crippen LogP contribution < -0.4 is 0 Å². The Morgan fingerprint density at radius 3 is 1.82 bits per heavy atom. The molecule has 64 valence electrons. The van der Waals surface area contributed by atoms with Crippen LogP contribution in [-0.2, 0) is 13.3 Å². The van der Waals surface area contributed by atoms with E-state index in [1.807, 2.05) is 0 Å². The molecule has 4 heteroatoms. The van der Waals surface area contributed by atoms with Crippen LogP contribution in [0.5, 0.6) is 0 Å². The molecule has 0 fully saturated rings. The predicted octanol–water partition coefficient (Wildman–Crippen LogP) is 1.15. The lowest BCUT2D eigenvalue weighted by Gasteiger charge is -2.19. The molecule has 0 aromatic carbocycles. The van der Waals surface area contributed by atoms with Crippen LogP contribution in [0.25, 0.3) is 0 Å². The number of rotatable bonds is 5. The van der Waals surface area contributed by atoms with Gasteiger partial charge in [0.1, 0.15) is 0 Å². The molecule has 0 atom stereocenters. The smallest absolute Gasteiger partial charge is 0.374 e. The van der Waals surface area contributed by atoms with Crippen molar-refractivity contribution in [3.8, 4) is 0 Å². The van der Waals surface area contributed by atoms with Crippen molar-refractivity contribution in [3.05, 3.63) is 24.4 Å². The molecule has 0 saturated carbocycles. The van der Waals surface area contributed by atoms with Crippen LogP contribution in [0.4, 0.5) is 0 Å². The average Bonchev–Trinajstić information content (AvgIpc) is 2.08. The minimum Gasteiger partial charge on any atom is -0.374 e. The van der Waals surface area contributed by atoms with Crippen molar-refractivity contribution in [1.82, 2.24) is 0 Å². The first-order valence-corrected chi connectivity index (χ1v) is 5.00. The Kier molecular flexibility index (Phi) is 5.05. The van der Waals surface area contributed by atoms with E-state index in [9.17, 15) is 0 Å². The normalized spacial score (nSPS) is 12.3. The van der Waals surface area contributed by atoms with Crippen LogP contribution in [0, 0.1) is 0 Å². The Labute approximate surface area is 68.6 Å². The number of allylic oxidation sites excluding steroid dienone is 2. The van der Waals surface area contributed by atoms with E-state index < -0.39 is 8.80 Å². The second-order valence-electron chi connectivity index (χ2n) is 1.81. The van der Waals surface area contributed by atoms with E-state index in [0.29, 0.717) is 0 Å². The standard InChI is InChI=1S/C7H14O3Si/c1-5-6-7-11(8-2,9-3)10-4/h5-7H,1H2,2-4H3/b7-6+. The van der Waals surface area contributed by atoms with Gasteiger partial charge >= 0.3 is 8.80 Å². The lowest BCUT2D eigenvalue weighted by atomic mass is 10.6. The Hall–Kier alpha value is -0.423. The molecule has 11 heavy (non-hydrogen) atoms. The molecule has 0 amide bonds. The second-order valence-corrected chi connectivity index (χ2v) is 4.58.